The van der Waals surface area contributed by atoms with Crippen LogP contribution in [0, 0.1) is 0 Å². The van der Waals surface area contributed by atoms with Crippen molar-refractivity contribution in [2.45, 2.75) is 32.2 Å². The van der Waals surface area contributed by atoms with Gasteiger partial charge >= 0.3 is 5.97 Å². The number of benzene rings is 2. The highest BCUT2D eigenvalue weighted by atomic mass is 35.5. The zero-order valence-corrected chi connectivity index (χ0v) is 16.1. The van der Waals surface area contributed by atoms with Crippen molar-refractivity contribution in [3.05, 3.63) is 58.1 Å². The third kappa shape index (κ3) is 4.58. The molecule has 2 aliphatic rings. The van der Waals surface area contributed by atoms with Crippen LogP contribution in [0.2, 0.25) is 5.02 Å². The predicted octanol–water partition coefficient (Wildman–Crippen LogP) is 4.12. The summed E-state index contributed by atoms with van der Waals surface area (Å²) in [5.74, 6) is 0.942. The fraction of sp³-hybridized carbons (Fsp3) is 0.381. The van der Waals surface area contributed by atoms with E-state index in [-0.39, 0.29) is 19.5 Å². The lowest BCUT2D eigenvalue weighted by Crippen LogP contribution is -2.16. The SMILES string of the molecule is O=C(OCc1cc(Cl)cc2c1OCOC2)c1ccc(OC[C@H]2CCCO2)cc1. The topological polar surface area (TPSA) is 63.2 Å². The molecule has 2 heterocycles. The van der Waals surface area contributed by atoms with Gasteiger partial charge in [0.2, 0.25) is 0 Å². The summed E-state index contributed by atoms with van der Waals surface area (Å²) in [7, 11) is 0. The lowest BCUT2D eigenvalue weighted by atomic mass is 10.1. The molecule has 7 heteroatoms. The largest absolute Gasteiger partial charge is 0.491 e. The second-order valence-corrected chi connectivity index (χ2v) is 7.15. The van der Waals surface area contributed by atoms with Crippen molar-refractivity contribution in [1.29, 1.82) is 0 Å². The van der Waals surface area contributed by atoms with Gasteiger partial charge in [0.1, 0.15) is 24.7 Å². The van der Waals surface area contributed by atoms with Crippen molar-refractivity contribution >= 4 is 17.6 Å². The number of hydrogen-bond acceptors (Lipinski definition) is 6. The summed E-state index contributed by atoms with van der Waals surface area (Å²) in [6.07, 6.45) is 2.25. The lowest BCUT2D eigenvalue weighted by molar-refractivity contribution is -0.0180. The smallest absolute Gasteiger partial charge is 0.338 e. The van der Waals surface area contributed by atoms with Crippen molar-refractivity contribution in [3.8, 4) is 11.5 Å². The van der Waals surface area contributed by atoms with Gasteiger partial charge in [-0.2, -0.15) is 0 Å². The number of hydrogen-bond donors (Lipinski definition) is 0. The molecule has 0 radical (unpaired) electrons. The molecule has 0 amide bonds. The van der Waals surface area contributed by atoms with Gasteiger partial charge in [0.15, 0.2) is 6.79 Å². The molecule has 0 spiro atoms. The molecule has 148 valence electrons. The number of esters is 1. The van der Waals surface area contributed by atoms with Crippen molar-refractivity contribution in [1.82, 2.24) is 0 Å². The maximum Gasteiger partial charge on any atom is 0.338 e. The zero-order chi connectivity index (χ0) is 19.3. The molecule has 2 aromatic rings. The standard InChI is InChI=1S/C21H21ClO6/c22-17-8-15-10-24-13-28-20(15)16(9-17)11-27-21(23)14-3-5-18(6-4-14)26-12-19-2-1-7-25-19/h3-6,8-9,19H,1-2,7,10-13H2/t19-/m1/s1. The van der Waals surface area contributed by atoms with Gasteiger partial charge in [-0.05, 0) is 49.2 Å². The summed E-state index contributed by atoms with van der Waals surface area (Å²) in [6.45, 7) is 1.98. The molecule has 0 bridgehead atoms. The van der Waals surface area contributed by atoms with E-state index in [1.54, 1.807) is 36.4 Å². The predicted molar refractivity (Wildman–Crippen MR) is 102 cm³/mol. The van der Waals surface area contributed by atoms with Crippen LogP contribution in [0.4, 0.5) is 0 Å². The van der Waals surface area contributed by atoms with E-state index in [1.165, 1.54) is 0 Å². The molecule has 0 saturated carbocycles. The first-order chi connectivity index (χ1) is 13.7. The Labute approximate surface area is 168 Å². The van der Waals surface area contributed by atoms with Crippen LogP contribution in [-0.2, 0) is 27.4 Å². The van der Waals surface area contributed by atoms with E-state index >= 15 is 0 Å². The van der Waals surface area contributed by atoms with E-state index in [0.717, 1.165) is 30.6 Å². The highest BCUT2D eigenvalue weighted by molar-refractivity contribution is 6.30. The third-order valence-electron chi connectivity index (χ3n) is 4.66. The molecule has 0 aromatic heterocycles. The molecular formula is C21H21ClO6. The van der Waals surface area contributed by atoms with Gasteiger partial charge in [0.05, 0.1) is 18.3 Å². The van der Waals surface area contributed by atoms with Gasteiger partial charge in [-0.25, -0.2) is 4.79 Å². The fourth-order valence-corrected chi connectivity index (χ4v) is 3.51. The van der Waals surface area contributed by atoms with Crippen LogP contribution in [0.25, 0.3) is 0 Å². The molecule has 1 saturated heterocycles. The Morgan fingerprint density at radius 2 is 2.07 bits per heavy atom. The normalized spacial score (nSPS) is 18.2. The number of carbonyl (C=O) groups excluding carboxylic acids is 1. The Balaban J connectivity index is 1.34. The van der Waals surface area contributed by atoms with E-state index in [1.807, 2.05) is 0 Å². The Morgan fingerprint density at radius 3 is 2.86 bits per heavy atom. The van der Waals surface area contributed by atoms with Crippen LogP contribution in [-0.4, -0.2) is 32.1 Å². The highest BCUT2D eigenvalue weighted by Gasteiger charge is 2.19. The second-order valence-electron chi connectivity index (χ2n) is 6.71. The van der Waals surface area contributed by atoms with Gasteiger partial charge in [-0.15, -0.1) is 0 Å². The highest BCUT2D eigenvalue weighted by Crippen LogP contribution is 2.32. The fourth-order valence-electron chi connectivity index (χ4n) is 3.24. The summed E-state index contributed by atoms with van der Waals surface area (Å²) in [5.41, 5.74) is 2.01. The average Bonchev–Trinajstić information content (AvgIpc) is 3.24. The third-order valence-corrected chi connectivity index (χ3v) is 4.88. The minimum atomic E-state index is -0.425. The summed E-state index contributed by atoms with van der Waals surface area (Å²) < 4.78 is 27.5. The Morgan fingerprint density at radius 1 is 1.21 bits per heavy atom. The molecule has 0 aliphatic carbocycles. The first kappa shape index (κ1) is 19.1. The second kappa shape index (κ2) is 8.82. The zero-order valence-electron chi connectivity index (χ0n) is 15.3. The first-order valence-electron chi connectivity index (χ1n) is 9.22. The lowest BCUT2D eigenvalue weighted by Gasteiger charge is -2.21. The molecule has 0 N–H and O–H groups in total. The van der Waals surface area contributed by atoms with E-state index in [9.17, 15) is 4.79 Å². The van der Waals surface area contributed by atoms with Crippen LogP contribution < -0.4 is 9.47 Å². The van der Waals surface area contributed by atoms with Crippen molar-refractivity contribution < 1.29 is 28.5 Å². The van der Waals surface area contributed by atoms with E-state index in [0.29, 0.717) is 35.3 Å². The van der Waals surface area contributed by atoms with Crippen LogP contribution in [0.15, 0.2) is 36.4 Å². The van der Waals surface area contributed by atoms with Gasteiger partial charge in [-0.1, -0.05) is 11.6 Å². The number of rotatable bonds is 6. The maximum atomic E-state index is 12.4. The number of halogens is 1. The molecule has 6 nitrogen and oxygen atoms in total. The van der Waals surface area contributed by atoms with E-state index in [4.69, 9.17) is 35.3 Å². The minimum absolute atomic E-state index is 0.0684. The van der Waals surface area contributed by atoms with Crippen LogP contribution in [0.3, 0.4) is 0 Å². The summed E-state index contributed by atoms with van der Waals surface area (Å²) in [5, 5.41) is 0.548. The molecule has 0 unspecified atom stereocenters. The quantitative estimate of drug-likeness (QED) is 0.675. The van der Waals surface area contributed by atoms with Crippen LogP contribution in [0.5, 0.6) is 11.5 Å². The van der Waals surface area contributed by atoms with Crippen molar-refractivity contribution in [2.24, 2.45) is 0 Å². The van der Waals surface area contributed by atoms with Crippen LogP contribution in [0.1, 0.15) is 34.3 Å². The molecule has 4 rings (SSSR count). The van der Waals surface area contributed by atoms with Gasteiger partial charge in [-0.3, -0.25) is 0 Å². The molecule has 28 heavy (non-hydrogen) atoms. The van der Waals surface area contributed by atoms with Crippen molar-refractivity contribution in [2.75, 3.05) is 20.0 Å². The minimum Gasteiger partial charge on any atom is -0.491 e. The van der Waals surface area contributed by atoms with Gasteiger partial charge in [0.25, 0.3) is 0 Å². The monoisotopic (exact) mass is 404 g/mol. The van der Waals surface area contributed by atoms with Crippen molar-refractivity contribution in [3.63, 3.8) is 0 Å². The molecule has 2 aromatic carbocycles. The molecule has 2 aliphatic heterocycles. The Kier molecular flexibility index (Phi) is 6.00. The maximum absolute atomic E-state index is 12.4. The average molecular weight is 405 g/mol. The molecule has 1 atom stereocenters. The van der Waals surface area contributed by atoms with E-state index < -0.39 is 5.97 Å². The van der Waals surface area contributed by atoms with Gasteiger partial charge < -0.3 is 23.7 Å². The Hall–Kier alpha value is -2.28. The number of ether oxygens (including phenoxy) is 5. The molecular weight excluding hydrogens is 384 g/mol. The van der Waals surface area contributed by atoms with E-state index in [2.05, 4.69) is 0 Å². The number of fused-ring (bicyclic) bond motifs is 1. The van der Waals surface area contributed by atoms with Crippen LogP contribution >= 0.6 is 11.6 Å². The summed E-state index contributed by atoms with van der Waals surface area (Å²) >= 11 is 6.13. The van der Waals surface area contributed by atoms with Gasteiger partial charge in [0, 0.05) is 22.8 Å². The number of carbonyl (C=O) groups is 1. The molecule has 1 fully saturated rings. The first-order valence-corrected chi connectivity index (χ1v) is 9.60. The summed E-state index contributed by atoms with van der Waals surface area (Å²) in [6, 6.07) is 10.4. The summed E-state index contributed by atoms with van der Waals surface area (Å²) in [4.78, 5) is 12.4. The Bertz CT molecular complexity index is 830.